The Labute approximate surface area is 120 Å². The zero-order valence-electron chi connectivity index (χ0n) is 12.1. The minimum Gasteiger partial charge on any atom is -0.496 e. The fourth-order valence-electron chi connectivity index (χ4n) is 2.05. The fourth-order valence-corrected chi connectivity index (χ4v) is 2.99. The highest BCUT2D eigenvalue weighted by atomic mass is 35.7. The molecule has 0 aliphatic heterocycles. The lowest BCUT2D eigenvalue weighted by atomic mass is 9.84. The maximum absolute atomic E-state index is 11.3. The molecule has 0 aromatic heterocycles. The zero-order chi connectivity index (χ0) is 14.8. The first-order valence-electron chi connectivity index (χ1n) is 6.21. The van der Waals surface area contributed by atoms with E-state index in [9.17, 15) is 8.42 Å². The Bertz CT molecular complexity index is 557. The average Bonchev–Trinajstić information content (AvgIpc) is 2.24. The summed E-state index contributed by atoms with van der Waals surface area (Å²) in [6.45, 7) is 8.25. The molecule has 0 unspecified atom stereocenters. The Morgan fingerprint density at radius 3 is 2.21 bits per heavy atom. The van der Waals surface area contributed by atoms with Crippen molar-refractivity contribution in [2.75, 3.05) is 7.11 Å². The number of hydrogen-bond donors (Lipinski definition) is 0. The monoisotopic (exact) mass is 304 g/mol. The van der Waals surface area contributed by atoms with E-state index in [2.05, 4.69) is 26.8 Å². The number of hydrogen-bond acceptors (Lipinski definition) is 3. The van der Waals surface area contributed by atoms with Crippen LogP contribution in [0, 0.1) is 0 Å². The van der Waals surface area contributed by atoms with Gasteiger partial charge >= 0.3 is 0 Å². The standard InChI is InChI=1S/C14H21ClO3S/c1-6-10-7-11(9-19(15,16)17)13(18-5)12(8-10)14(2,3)4/h7-8H,6,9H2,1-5H3. The molecule has 0 fully saturated rings. The van der Waals surface area contributed by atoms with E-state index >= 15 is 0 Å². The average molecular weight is 305 g/mol. The number of benzene rings is 1. The second kappa shape index (κ2) is 5.71. The van der Waals surface area contributed by atoms with Crippen molar-refractivity contribution < 1.29 is 13.2 Å². The van der Waals surface area contributed by atoms with E-state index in [1.54, 1.807) is 7.11 Å². The zero-order valence-corrected chi connectivity index (χ0v) is 13.7. The molecule has 5 heteroatoms. The Hall–Kier alpha value is -0.740. The van der Waals surface area contributed by atoms with Crippen LogP contribution in [0.15, 0.2) is 12.1 Å². The third kappa shape index (κ3) is 4.39. The quantitative estimate of drug-likeness (QED) is 0.798. The second-order valence-corrected chi connectivity index (χ2v) is 8.40. The Balaban J connectivity index is 3.52. The summed E-state index contributed by atoms with van der Waals surface area (Å²) in [5.74, 6) is 0.406. The number of aryl methyl sites for hydroxylation is 1. The van der Waals surface area contributed by atoms with Crippen molar-refractivity contribution in [1.29, 1.82) is 0 Å². The van der Waals surface area contributed by atoms with Crippen LogP contribution in [0.4, 0.5) is 0 Å². The molecule has 1 aromatic carbocycles. The lowest BCUT2D eigenvalue weighted by Gasteiger charge is -2.25. The summed E-state index contributed by atoms with van der Waals surface area (Å²) in [6, 6.07) is 3.93. The number of methoxy groups -OCH3 is 1. The molecule has 1 aromatic rings. The van der Waals surface area contributed by atoms with Crippen LogP contribution in [0.2, 0.25) is 0 Å². The lowest BCUT2D eigenvalue weighted by molar-refractivity contribution is 0.393. The predicted molar refractivity (Wildman–Crippen MR) is 79.5 cm³/mol. The van der Waals surface area contributed by atoms with Crippen molar-refractivity contribution in [3.8, 4) is 5.75 Å². The van der Waals surface area contributed by atoms with Crippen LogP contribution in [-0.4, -0.2) is 15.5 Å². The fraction of sp³-hybridized carbons (Fsp3) is 0.571. The van der Waals surface area contributed by atoms with Crippen LogP contribution in [0.5, 0.6) is 5.75 Å². The highest BCUT2D eigenvalue weighted by Crippen LogP contribution is 2.36. The Kier molecular flexibility index (Phi) is 4.91. The molecule has 0 saturated carbocycles. The number of rotatable bonds is 4. The molecule has 1 rings (SSSR count). The molecule has 0 bridgehead atoms. The molecule has 0 N–H and O–H groups in total. The van der Waals surface area contributed by atoms with Crippen molar-refractivity contribution in [2.24, 2.45) is 0 Å². The maximum Gasteiger partial charge on any atom is 0.236 e. The summed E-state index contributed by atoms with van der Waals surface area (Å²) in [5, 5.41) is 0. The Morgan fingerprint density at radius 1 is 1.26 bits per heavy atom. The normalized spacial score (nSPS) is 12.5. The van der Waals surface area contributed by atoms with E-state index in [0.29, 0.717) is 11.3 Å². The lowest BCUT2D eigenvalue weighted by Crippen LogP contribution is -2.15. The minimum atomic E-state index is -3.60. The van der Waals surface area contributed by atoms with Crippen molar-refractivity contribution in [1.82, 2.24) is 0 Å². The third-order valence-electron chi connectivity index (χ3n) is 2.97. The number of ether oxygens (including phenoxy) is 1. The minimum absolute atomic E-state index is 0.124. The van der Waals surface area contributed by atoms with Crippen LogP contribution in [-0.2, 0) is 26.6 Å². The van der Waals surface area contributed by atoms with Crippen molar-refractivity contribution in [3.63, 3.8) is 0 Å². The van der Waals surface area contributed by atoms with E-state index in [1.165, 1.54) is 0 Å². The molecular formula is C14H21ClO3S. The summed E-state index contributed by atoms with van der Waals surface area (Å²) < 4.78 is 28.1. The smallest absolute Gasteiger partial charge is 0.236 e. The molecule has 0 radical (unpaired) electrons. The van der Waals surface area contributed by atoms with Crippen LogP contribution in [0.1, 0.15) is 44.4 Å². The van der Waals surface area contributed by atoms with Crippen LogP contribution in [0.25, 0.3) is 0 Å². The van der Waals surface area contributed by atoms with Crippen molar-refractivity contribution >= 4 is 19.7 Å². The van der Waals surface area contributed by atoms with Gasteiger partial charge in [-0.1, -0.05) is 39.8 Å². The van der Waals surface area contributed by atoms with Gasteiger partial charge in [-0.25, -0.2) is 8.42 Å². The van der Waals surface area contributed by atoms with Gasteiger partial charge in [0, 0.05) is 21.8 Å². The van der Waals surface area contributed by atoms with Gasteiger partial charge in [0.15, 0.2) is 0 Å². The molecule has 3 nitrogen and oxygen atoms in total. The third-order valence-corrected chi connectivity index (χ3v) is 3.96. The Morgan fingerprint density at radius 2 is 1.84 bits per heavy atom. The van der Waals surface area contributed by atoms with Gasteiger partial charge in [-0.05, 0) is 17.4 Å². The molecule has 0 amide bonds. The molecule has 0 atom stereocenters. The molecule has 19 heavy (non-hydrogen) atoms. The van der Waals surface area contributed by atoms with Gasteiger partial charge in [0.25, 0.3) is 0 Å². The topological polar surface area (TPSA) is 43.4 Å². The molecule has 0 saturated heterocycles. The van der Waals surface area contributed by atoms with Gasteiger partial charge in [-0.2, -0.15) is 0 Å². The predicted octanol–water partition coefficient (Wildman–Crippen LogP) is 3.62. The summed E-state index contributed by atoms with van der Waals surface area (Å²) in [5.41, 5.74) is 2.59. The summed E-state index contributed by atoms with van der Waals surface area (Å²) >= 11 is 0. The van der Waals surface area contributed by atoms with Gasteiger partial charge in [-0.15, -0.1) is 0 Å². The number of halogens is 1. The summed E-state index contributed by atoms with van der Waals surface area (Å²) in [6.07, 6.45) is 0.836. The molecule has 0 spiro atoms. The first kappa shape index (κ1) is 16.3. The van der Waals surface area contributed by atoms with Crippen LogP contribution in [0.3, 0.4) is 0 Å². The van der Waals surface area contributed by atoms with Crippen LogP contribution >= 0.6 is 10.7 Å². The molecule has 108 valence electrons. The van der Waals surface area contributed by atoms with Crippen LogP contribution < -0.4 is 4.74 Å². The van der Waals surface area contributed by atoms with E-state index < -0.39 is 9.05 Å². The molecule has 0 aliphatic carbocycles. The molecule has 0 heterocycles. The van der Waals surface area contributed by atoms with Gasteiger partial charge in [0.05, 0.1) is 12.9 Å². The largest absolute Gasteiger partial charge is 0.496 e. The maximum atomic E-state index is 11.3. The van der Waals surface area contributed by atoms with E-state index in [1.807, 2.05) is 13.0 Å². The van der Waals surface area contributed by atoms with Crippen molar-refractivity contribution in [2.45, 2.75) is 45.3 Å². The summed E-state index contributed by atoms with van der Waals surface area (Å²) in [4.78, 5) is 0. The highest BCUT2D eigenvalue weighted by molar-refractivity contribution is 8.13. The molecule has 0 aliphatic rings. The van der Waals surface area contributed by atoms with Gasteiger partial charge < -0.3 is 4.74 Å². The summed E-state index contributed by atoms with van der Waals surface area (Å²) in [7, 11) is 3.33. The van der Waals surface area contributed by atoms with E-state index in [-0.39, 0.29) is 11.2 Å². The second-order valence-electron chi connectivity index (χ2n) is 5.62. The first-order valence-corrected chi connectivity index (χ1v) is 8.69. The van der Waals surface area contributed by atoms with Gasteiger partial charge in [0.2, 0.25) is 9.05 Å². The van der Waals surface area contributed by atoms with Crippen molar-refractivity contribution in [3.05, 3.63) is 28.8 Å². The highest BCUT2D eigenvalue weighted by Gasteiger charge is 2.23. The van der Waals surface area contributed by atoms with Gasteiger partial charge in [0.1, 0.15) is 5.75 Å². The first-order chi connectivity index (χ1) is 8.58. The molecular weight excluding hydrogens is 284 g/mol. The SMILES string of the molecule is CCc1cc(CS(=O)(=O)Cl)c(OC)c(C(C)(C)C)c1. The van der Waals surface area contributed by atoms with Gasteiger partial charge in [-0.3, -0.25) is 0 Å². The van der Waals surface area contributed by atoms with E-state index in [4.69, 9.17) is 15.4 Å². The van der Waals surface area contributed by atoms with E-state index in [0.717, 1.165) is 17.5 Å².